The molecular weight excluding hydrogens is 544 g/mol. The zero-order valence-corrected chi connectivity index (χ0v) is 26.0. The molecule has 0 saturated heterocycles. The fourth-order valence-corrected chi connectivity index (χ4v) is 8.31. The molecule has 0 amide bonds. The predicted octanol–water partition coefficient (Wildman–Crippen LogP) is 8.10. The molecule has 1 atom stereocenters. The topological polar surface area (TPSA) is 58.9 Å². The molecule has 6 rings (SSSR count). The number of fused-ring (bicyclic) bond motifs is 1. The molecule has 4 nitrogen and oxygen atoms in total. The lowest BCUT2D eigenvalue weighted by Gasteiger charge is -2.55. The third kappa shape index (κ3) is 4.95. The molecular formula is C40H44O4. The third-order valence-electron chi connectivity index (χ3n) is 10.1. The van der Waals surface area contributed by atoms with Gasteiger partial charge in [0.25, 0.3) is 0 Å². The van der Waals surface area contributed by atoms with Crippen molar-refractivity contribution in [3.05, 3.63) is 142 Å². The second-order valence-electron chi connectivity index (χ2n) is 12.0. The van der Waals surface area contributed by atoms with Crippen LogP contribution in [0.4, 0.5) is 0 Å². The van der Waals surface area contributed by atoms with E-state index < -0.39 is 5.41 Å². The van der Waals surface area contributed by atoms with E-state index in [9.17, 15) is 10.2 Å². The maximum absolute atomic E-state index is 9.35. The molecule has 4 aromatic rings. The van der Waals surface area contributed by atoms with Crippen molar-refractivity contribution in [1.82, 2.24) is 0 Å². The summed E-state index contributed by atoms with van der Waals surface area (Å²) in [7, 11) is 0. The van der Waals surface area contributed by atoms with Gasteiger partial charge in [0.05, 0.1) is 18.6 Å². The number of rotatable bonds is 11. The summed E-state index contributed by atoms with van der Waals surface area (Å²) < 4.78 is 11.6. The Kier molecular flexibility index (Phi) is 8.93. The second kappa shape index (κ2) is 13.0. The first-order valence-electron chi connectivity index (χ1n) is 16.2. The van der Waals surface area contributed by atoms with Gasteiger partial charge in [0.2, 0.25) is 0 Å². The number of benzene rings is 4. The lowest BCUT2D eigenvalue weighted by molar-refractivity contribution is 0.201. The van der Waals surface area contributed by atoms with Crippen molar-refractivity contribution in [1.29, 1.82) is 0 Å². The van der Waals surface area contributed by atoms with Crippen molar-refractivity contribution in [2.24, 2.45) is 0 Å². The molecule has 0 spiro atoms. The molecule has 0 saturated carbocycles. The van der Waals surface area contributed by atoms with E-state index in [2.05, 4.69) is 92.7 Å². The van der Waals surface area contributed by atoms with Gasteiger partial charge in [0, 0.05) is 11.3 Å². The van der Waals surface area contributed by atoms with Gasteiger partial charge in [-0.25, -0.2) is 0 Å². The number of ether oxygens (including phenoxy) is 2. The number of aliphatic hydroxyl groups is 2. The molecule has 4 aromatic carbocycles. The Labute approximate surface area is 262 Å². The van der Waals surface area contributed by atoms with Crippen LogP contribution in [-0.4, -0.2) is 36.6 Å². The monoisotopic (exact) mass is 588 g/mol. The van der Waals surface area contributed by atoms with Crippen LogP contribution in [0.2, 0.25) is 0 Å². The Balaban J connectivity index is 1.69. The van der Waals surface area contributed by atoms with Crippen LogP contribution in [0.1, 0.15) is 79.7 Å². The van der Waals surface area contributed by atoms with Crippen molar-refractivity contribution in [2.45, 2.75) is 62.7 Å². The highest BCUT2D eigenvalue weighted by Crippen LogP contribution is 2.63. The first-order chi connectivity index (χ1) is 21.6. The smallest absolute Gasteiger partial charge is 0.119 e. The standard InChI is InChI=1S/C40H44O4/c1-3-39(4-2)35-14-8-9-15-36(35)40(30-17-21-32(22-18-30)43-27-25-41,31-19-23-33(24-20-31)44-28-26-42)37-16-10-13-34(38(37)39)29-11-6-5-7-12-29/h5-9,11-12,14-15,17-24,34,41-42H,3-4,10,13,16,25-28H2,1-2H3. The van der Waals surface area contributed by atoms with E-state index in [1.54, 1.807) is 5.57 Å². The molecule has 2 aliphatic carbocycles. The van der Waals surface area contributed by atoms with Gasteiger partial charge in [0.15, 0.2) is 0 Å². The molecule has 2 N–H and O–H groups in total. The zero-order chi connectivity index (χ0) is 30.6. The molecule has 4 heteroatoms. The maximum atomic E-state index is 9.35. The first-order valence-corrected chi connectivity index (χ1v) is 16.2. The zero-order valence-electron chi connectivity index (χ0n) is 26.0. The van der Waals surface area contributed by atoms with Crippen molar-refractivity contribution in [3.8, 4) is 11.5 Å². The molecule has 44 heavy (non-hydrogen) atoms. The Morgan fingerprint density at radius 2 is 1.18 bits per heavy atom. The Morgan fingerprint density at radius 1 is 0.659 bits per heavy atom. The largest absolute Gasteiger partial charge is 0.491 e. The van der Waals surface area contributed by atoms with Crippen molar-refractivity contribution >= 4 is 0 Å². The molecule has 0 heterocycles. The summed E-state index contributed by atoms with van der Waals surface area (Å²) in [4.78, 5) is 0. The lowest BCUT2D eigenvalue weighted by atomic mass is 9.48. The minimum absolute atomic E-state index is 0.0169. The van der Waals surface area contributed by atoms with Crippen molar-refractivity contribution < 1.29 is 19.7 Å². The van der Waals surface area contributed by atoms with Crippen LogP contribution in [0, 0.1) is 0 Å². The van der Waals surface area contributed by atoms with Gasteiger partial charge >= 0.3 is 0 Å². The summed E-state index contributed by atoms with van der Waals surface area (Å²) in [5.41, 5.74) is 9.16. The van der Waals surface area contributed by atoms with E-state index in [-0.39, 0.29) is 31.8 Å². The lowest BCUT2D eigenvalue weighted by Crippen LogP contribution is -2.47. The fraction of sp³-hybridized carbons (Fsp3) is 0.350. The van der Waals surface area contributed by atoms with Gasteiger partial charge in [-0.3, -0.25) is 0 Å². The SMILES string of the molecule is CCC1(CC)C2=C(CCCC2c2ccccc2)C(c2ccc(OCCO)cc2)(c2ccc(OCCO)cc2)c2ccccc21. The van der Waals surface area contributed by atoms with Crippen LogP contribution in [0.3, 0.4) is 0 Å². The molecule has 0 radical (unpaired) electrons. The maximum Gasteiger partial charge on any atom is 0.119 e. The molecule has 0 bridgehead atoms. The summed E-state index contributed by atoms with van der Waals surface area (Å²) in [6.07, 6.45) is 5.38. The van der Waals surface area contributed by atoms with Gasteiger partial charge in [0.1, 0.15) is 24.7 Å². The summed E-state index contributed by atoms with van der Waals surface area (Å²) in [5.74, 6) is 1.85. The summed E-state index contributed by atoms with van der Waals surface area (Å²) in [5, 5.41) is 18.7. The Hall–Kier alpha value is -3.86. The minimum Gasteiger partial charge on any atom is -0.491 e. The van der Waals surface area contributed by atoms with Crippen LogP contribution in [0.5, 0.6) is 11.5 Å². The van der Waals surface area contributed by atoms with Crippen LogP contribution in [0.25, 0.3) is 0 Å². The Morgan fingerprint density at radius 3 is 1.70 bits per heavy atom. The van der Waals surface area contributed by atoms with E-state index in [1.165, 1.54) is 33.4 Å². The molecule has 228 valence electrons. The second-order valence-corrected chi connectivity index (χ2v) is 12.0. The van der Waals surface area contributed by atoms with Gasteiger partial charge in [-0.15, -0.1) is 0 Å². The number of hydrogen-bond acceptors (Lipinski definition) is 4. The molecule has 0 fully saturated rings. The molecule has 2 aliphatic rings. The van der Waals surface area contributed by atoms with E-state index in [1.807, 2.05) is 24.3 Å². The first kappa shape index (κ1) is 30.2. The van der Waals surface area contributed by atoms with E-state index in [4.69, 9.17) is 9.47 Å². The highest BCUT2D eigenvalue weighted by molar-refractivity contribution is 5.70. The van der Waals surface area contributed by atoms with Crippen LogP contribution >= 0.6 is 0 Å². The molecule has 1 unspecified atom stereocenters. The van der Waals surface area contributed by atoms with E-state index in [0.717, 1.165) is 43.6 Å². The van der Waals surface area contributed by atoms with Gasteiger partial charge in [-0.2, -0.15) is 0 Å². The van der Waals surface area contributed by atoms with Gasteiger partial charge in [-0.1, -0.05) is 104 Å². The van der Waals surface area contributed by atoms with E-state index >= 15 is 0 Å². The molecule has 0 aliphatic heterocycles. The Bertz CT molecular complexity index is 1510. The number of aliphatic hydroxyl groups excluding tert-OH is 2. The van der Waals surface area contributed by atoms with Crippen LogP contribution in [0.15, 0.2) is 114 Å². The van der Waals surface area contributed by atoms with Crippen LogP contribution < -0.4 is 9.47 Å². The van der Waals surface area contributed by atoms with Crippen LogP contribution in [-0.2, 0) is 10.8 Å². The predicted molar refractivity (Wildman–Crippen MR) is 177 cm³/mol. The minimum atomic E-state index is -0.502. The normalized spacial score (nSPS) is 18.3. The van der Waals surface area contributed by atoms with Crippen molar-refractivity contribution in [3.63, 3.8) is 0 Å². The summed E-state index contributed by atoms with van der Waals surface area (Å²) in [6.45, 7) is 5.25. The third-order valence-corrected chi connectivity index (χ3v) is 10.1. The van der Waals surface area contributed by atoms with E-state index in [0.29, 0.717) is 5.92 Å². The number of hydrogen-bond donors (Lipinski definition) is 2. The highest BCUT2D eigenvalue weighted by atomic mass is 16.5. The average molecular weight is 589 g/mol. The van der Waals surface area contributed by atoms with Gasteiger partial charge in [-0.05, 0) is 84.2 Å². The number of allylic oxidation sites excluding steroid dienone is 2. The average Bonchev–Trinajstić information content (AvgIpc) is 3.10. The quantitative estimate of drug-likeness (QED) is 0.174. The van der Waals surface area contributed by atoms with Crippen molar-refractivity contribution in [2.75, 3.05) is 26.4 Å². The highest BCUT2D eigenvalue weighted by Gasteiger charge is 2.54. The summed E-state index contributed by atoms with van der Waals surface area (Å²) in [6, 6.07) is 37.4. The fourth-order valence-electron chi connectivity index (χ4n) is 8.31. The van der Waals surface area contributed by atoms with Gasteiger partial charge < -0.3 is 19.7 Å². The molecule has 0 aromatic heterocycles. The summed E-state index contributed by atoms with van der Waals surface area (Å²) >= 11 is 0.